The summed E-state index contributed by atoms with van der Waals surface area (Å²) in [6.45, 7) is 2.04. The first-order chi connectivity index (χ1) is 5.79. The van der Waals surface area contributed by atoms with Crippen molar-refractivity contribution in [3.8, 4) is 0 Å². The first-order valence-corrected chi connectivity index (χ1v) is 3.69. The average Bonchev–Trinajstić information content (AvgIpc) is 2.49. The quantitative estimate of drug-likeness (QED) is 0.687. The molecule has 1 rings (SSSR count). The largest absolute Gasteiger partial charge is 0.353 e. The van der Waals surface area contributed by atoms with Crippen LogP contribution in [0.1, 0.15) is 12.6 Å². The van der Waals surface area contributed by atoms with E-state index in [2.05, 4.69) is 15.5 Å². The molecular weight excluding hydrogens is 154 g/mol. The van der Waals surface area contributed by atoms with Crippen LogP contribution in [0.3, 0.4) is 0 Å². The summed E-state index contributed by atoms with van der Waals surface area (Å²) in [6.07, 6.45) is 5.40. The van der Waals surface area contributed by atoms with Crippen LogP contribution in [0.2, 0.25) is 0 Å². The Labute approximate surface area is 70.7 Å². The third kappa shape index (κ3) is 3.01. The number of H-pyrrole nitrogens is 1. The zero-order valence-corrected chi connectivity index (χ0v) is 6.87. The zero-order valence-electron chi connectivity index (χ0n) is 6.87. The molecule has 0 radical (unpaired) electrons. The maximum Gasteiger partial charge on any atom is 0.217 e. The van der Waals surface area contributed by atoms with Gasteiger partial charge < -0.3 is 5.32 Å². The fourth-order valence-electron chi connectivity index (χ4n) is 0.748. The number of carbonyl (C=O) groups is 1. The predicted octanol–water partition coefficient (Wildman–Crippen LogP) is 0.559. The summed E-state index contributed by atoms with van der Waals surface area (Å²) in [5.74, 6) is -0.0238. The number of hydrogen-bond acceptors (Lipinski definition) is 2. The van der Waals surface area contributed by atoms with E-state index in [0.717, 1.165) is 5.69 Å². The van der Waals surface area contributed by atoms with Crippen molar-refractivity contribution in [3.05, 3.63) is 24.0 Å². The Balaban J connectivity index is 2.27. The fourth-order valence-corrected chi connectivity index (χ4v) is 0.748. The number of hydrogen-bond donors (Lipinski definition) is 2. The Morgan fingerprint density at radius 1 is 1.83 bits per heavy atom. The SMILES string of the molecule is CC(=O)NCC=Cc1ccn[nH]1. The highest BCUT2D eigenvalue weighted by Crippen LogP contribution is 1.93. The van der Waals surface area contributed by atoms with Crippen molar-refractivity contribution in [3.63, 3.8) is 0 Å². The predicted molar refractivity (Wildman–Crippen MR) is 46.3 cm³/mol. The van der Waals surface area contributed by atoms with Gasteiger partial charge in [-0.3, -0.25) is 9.89 Å². The molecule has 0 aromatic carbocycles. The second kappa shape index (κ2) is 4.33. The van der Waals surface area contributed by atoms with Gasteiger partial charge in [0, 0.05) is 19.7 Å². The summed E-state index contributed by atoms with van der Waals surface area (Å²) >= 11 is 0. The summed E-state index contributed by atoms with van der Waals surface area (Å²) in [7, 11) is 0. The second-order valence-electron chi connectivity index (χ2n) is 2.35. The number of carbonyl (C=O) groups excluding carboxylic acids is 1. The number of nitrogens with zero attached hydrogens (tertiary/aromatic N) is 1. The second-order valence-corrected chi connectivity index (χ2v) is 2.35. The maximum absolute atomic E-state index is 10.4. The van der Waals surface area contributed by atoms with Gasteiger partial charge in [0.2, 0.25) is 5.91 Å². The van der Waals surface area contributed by atoms with Crippen LogP contribution in [0, 0.1) is 0 Å². The first-order valence-electron chi connectivity index (χ1n) is 3.69. The molecule has 2 N–H and O–H groups in total. The van der Waals surface area contributed by atoms with E-state index < -0.39 is 0 Å². The van der Waals surface area contributed by atoms with Gasteiger partial charge in [-0.1, -0.05) is 6.08 Å². The zero-order chi connectivity index (χ0) is 8.81. The van der Waals surface area contributed by atoms with Crippen molar-refractivity contribution in [2.75, 3.05) is 6.54 Å². The minimum atomic E-state index is -0.0238. The number of nitrogens with one attached hydrogen (secondary N) is 2. The Morgan fingerprint density at radius 2 is 2.67 bits per heavy atom. The Hall–Kier alpha value is -1.58. The molecule has 0 unspecified atom stereocenters. The van der Waals surface area contributed by atoms with Gasteiger partial charge in [-0.15, -0.1) is 0 Å². The highest BCUT2D eigenvalue weighted by Gasteiger charge is 1.86. The molecule has 64 valence electrons. The van der Waals surface area contributed by atoms with Gasteiger partial charge >= 0.3 is 0 Å². The van der Waals surface area contributed by atoms with Gasteiger partial charge in [0.05, 0.1) is 5.69 Å². The number of aromatic nitrogens is 2. The molecule has 0 aliphatic rings. The third-order valence-corrected chi connectivity index (χ3v) is 1.29. The van der Waals surface area contributed by atoms with Crippen LogP contribution in [-0.2, 0) is 4.79 Å². The summed E-state index contributed by atoms with van der Waals surface area (Å²) in [5.41, 5.74) is 0.931. The van der Waals surface area contributed by atoms with Crippen molar-refractivity contribution in [2.24, 2.45) is 0 Å². The van der Waals surface area contributed by atoms with Crippen LogP contribution in [0.15, 0.2) is 18.3 Å². The van der Waals surface area contributed by atoms with Gasteiger partial charge in [0.25, 0.3) is 0 Å². The first kappa shape index (κ1) is 8.52. The average molecular weight is 165 g/mol. The lowest BCUT2D eigenvalue weighted by atomic mass is 10.4. The van der Waals surface area contributed by atoms with Crippen LogP contribution in [-0.4, -0.2) is 22.6 Å². The molecule has 1 heterocycles. The highest BCUT2D eigenvalue weighted by atomic mass is 16.1. The van der Waals surface area contributed by atoms with E-state index >= 15 is 0 Å². The lowest BCUT2D eigenvalue weighted by Crippen LogP contribution is -2.19. The van der Waals surface area contributed by atoms with Crippen molar-refractivity contribution in [1.82, 2.24) is 15.5 Å². The van der Waals surface area contributed by atoms with Crippen LogP contribution in [0.5, 0.6) is 0 Å². The van der Waals surface area contributed by atoms with E-state index in [1.807, 2.05) is 18.2 Å². The molecule has 4 nitrogen and oxygen atoms in total. The molecule has 1 aromatic rings. The van der Waals surface area contributed by atoms with Crippen molar-refractivity contribution in [1.29, 1.82) is 0 Å². The number of amides is 1. The highest BCUT2D eigenvalue weighted by molar-refractivity contribution is 5.73. The molecule has 0 bridgehead atoms. The molecule has 0 atom stereocenters. The molecule has 0 spiro atoms. The Morgan fingerprint density at radius 3 is 3.25 bits per heavy atom. The van der Waals surface area contributed by atoms with Gasteiger partial charge in [0.15, 0.2) is 0 Å². The molecule has 0 aliphatic carbocycles. The third-order valence-electron chi connectivity index (χ3n) is 1.29. The number of rotatable bonds is 3. The van der Waals surface area contributed by atoms with E-state index in [-0.39, 0.29) is 5.91 Å². The maximum atomic E-state index is 10.4. The molecule has 0 saturated carbocycles. The molecular formula is C8H11N3O. The molecule has 4 heteroatoms. The molecule has 0 fully saturated rings. The van der Waals surface area contributed by atoms with Crippen LogP contribution in [0.4, 0.5) is 0 Å². The van der Waals surface area contributed by atoms with E-state index in [1.165, 1.54) is 6.92 Å². The van der Waals surface area contributed by atoms with E-state index in [0.29, 0.717) is 6.54 Å². The molecule has 1 aromatic heterocycles. The monoisotopic (exact) mass is 165 g/mol. The molecule has 1 amide bonds. The van der Waals surface area contributed by atoms with E-state index in [1.54, 1.807) is 6.20 Å². The molecule has 0 saturated heterocycles. The Bertz CT molecular complexity index is 264. The van der Waals surface area contributed by atoms with Crippen LogP contribution >= 0.6 is 0 Å². The lowest BCUT2D eigenvalue weighted by Gasteiger charge is -1.93. The smallest absolute Gasteiger partial charge is 0.217 e. The van der Waals surface area contributed by atoms with Gasteiger partial charge in [-0.2, -0.15) is 5.10 Å². The van der Waals surface area contributed by atoms with E-state index in [4.69, 9.17) is 0 Å². The standard InChI is InChI=1S/C8H11N3O/c1-7(12)9-5-2-3-8-4-6-10-11-8/h2-4,6H,5H2,1H3,(H,9,12)(H,10,11). The van der Waals surface area contributed by atoms with Crippen LogP contribution < -0.4 is 5.32 Å². The summed E-state index contributed by atoms with van der Waals surface area (Å²) in [5, 5.41) is 9.20. The lowest BCUT2D eigenvalue weighted by molar-refractivity contribution is -0.118. The fraction of sp³-hybridized carbons (Fsp3) is 0.250. The van der Waals surface area contributed by atoms with Crippen molar-refractivity contribution in [2.45, 2.75) is 6.92 Å². The van der Waals surface area contributed by atoms with Gasteiger partial charge in [-0.25, -0.2) is 0 Å². The molecule has 0 aliphatic heterocycles. The van der Waals surface area contributed by atoms with E-state index in [9.17, 15) is 4.79 Å². The normalized spacial score (nSPS) is 10.4. The Kier molecular flexibility index (Phi) is 3.07. The van der Waals surface area contributed by atoms with Crippen LogP contribution in [0.25, 0.3) is 6.08 Å². The van der Waals surface area contributed by atoms with Crippen molar-refractivity contribution >= 4 is 12.0 Å². The van der Waals surface area contributed by atoms with Crippen molar-refractivity contribution < 1.29 is 4.79 Å². The number of aromatic amines is 1. The minimum Gasteiger partial charge on any atom is -0.353 e. The molecule has 12 heavy (non-hydrogen) atoms. The topological polar surface area (TPSA) is 57.8 Å². The minimum absolute atomic E-state index is 0.0238. The van der Waals surface area contributed by atoms with Gasteiger partial charge in [0.1, 0.15) is 0 Å². The van der Waals surface area contributed by atoms with Gasteiger partial charge in [-0.05, 0) is 12.1 Å². The summed E-state index contributed by atoms with van der Waals surface area (Å²) < 4.78 is 0. The summed E-state index contributed by atoms with van der Waals surface area (Å²) in [4.78, 5) is 10.4. The summed E-state index contributed by atoms with van der Waals surface area (Å²) in [6, 6.07) is 1.85.